The maximum absolute atomic E-state index is 6.00. The average Bonchev–Trinajstić information content (AvgIpc) is 3.24. The van der Waals surface area contributed by atoms with E-state index >= 15 is 0 Å². The third kappa shape index (κ3) is 4.11. The van der Waals surface area contributed by atoms with E-state index < -0.39 is 0 Å². The van der Waals surface area contributed by atoms with E-state index in [1.807, 2.05) is 12.1 Å². The Morgan fingerprint density at radius 3 is 2.76 bits per heavy atom. The molecule has 0 amide bonds. The predicted molar refractivity (Wildman–Crippen MR) is 81.9 cm³/mol. The Morgan fingerprint density at radius 1 is 1.24 bits per heavy atom. The van der Waals surface area contributed by atoms with Crippen molar-refractivity contribution >= 4 is 0 Å². The molecule has 0 radical (unpaired) electrons. The number of methoxy groups -OCH3 is 1. The number of benzene rings is 1. The van der Waals surface area contributed by atoms with Gasteiger partial charge in [0.2, 0.25) is 0 Å². The Bertz CT molecular complexity index is 473. The largest absolute Gasteiger partial charge is 0.497 e. The quantitative estimate of drug-likeness (QED) is 0.838. The summed E-state index contributed by atoms with van der Waals surface area (Å²) in [5.74, 6) is 1.81. The lowest BCUT2D eigenvalue weighted by Gasteiger charge is -2.16. The topological polar surface area (TPSA) is 39.7 Å². The van der Waals surface area contributed by atoms with E-state index in [-0.39, 0.29) is 6.10 Å². The van der Waals surface area contributed by atoms with Gasteiger partial charge in [-0.3, -0.25) is 0 Å². The van der Waals surface area contributed by atoms with Crippen LogP contribution in [0.4, 0.5) is 0 Å². The van der Waals surface area contributed by atoms with Crippen LogP contribution < -0.4 is 14.8 Å². The third-order valence-corrected chi connectivity index (χ3v) is 4.17. The molecule has 2 unspecified atom stereocenters. The standard InChI is InChI=1S/C17H25NO3/c1-12-3-6-16(21-12)11-20-17-8-7-15(19-2)9-13(17)10-18-14-4-5-14/h7-9,12,14,16,18H,3-6,10-11H2,1-2H3. The molecule has 0 aromatic heterocycles. The van der Waals surface area contributed by atoms with Crippen LogP contribution in [-0.2, 0) is 11.3 Å². The molecular formula is C17H25NO3. The molecule has 21 heavy (non-hydrogen) atoms. The number of nitrogens with one attached hydrogen (secondary N) is 1. The van der Waals surface area contributed by atoms with Crippen molar-refractivity contribution in [3.63, 3.8) is 0 Å². The monoisotopic (exact) mass is 291 g/mol. The van der Waals surface area contributed by atoms with Gasteiger partial charge in [0.05, 0.1) is 19.3 Å². The highest BCUT2D eigenvalue weighted by atomic mass is 16.5. The van der Waals surface area contributed by atoms with E-state index in [0.29, 0.717) is 18.8 Å². The molecule has 4 heteroatoms. The first kappa shape index (κ1) is 14.7. The van der Waals surface area contributed by atoms with E-state index in [2.05, 4.69) is 18.3 Å². The lowest BCUT2D eigenvalue weighted by molar-refractivity contribution is 0.0262. The Morgan fingerprint density at radius 2 is 2.10 bits per heavy atom. The summed E-state index contributed by atoms with van der Waals surface area (Å²) in [6.07, 6.45) is 5.39. The van der Waals surface area contributed by atoms with Gasteiger partial charge in [-0.05, 0) is 50.8 Å². The second-order valence-electron chi connectivity index (χ2n) is 6.09. The molecule has 1 N–H and O–H groups in total. The molecule has 1 saturated carbocycles. The Kier molecular flexibility index (Phi) is 4.66. The van der Waals surface area contributed by atoms with Crippen LogP contribution in [0, 0.1) is 0 Å². The predicted octanol–water partition coefficient (Wildman–Crippen LogP) is 2.89. The van der Waals surface area contributed by atoms with Crippen molar-refractivity contribution in [3.05, 3.63) is 23.8 Å². The Hall–Kier alpha value is -1.26. The molecule has 1 aromatic rings. The first-order chi connectivity index (χ1) is 10.2. The fourth-order valence-electron chi connectivity index (χ4n) is 2.69. The molecular weight excluding hydrogens is 266 g/mol. The van der Waals surface area contributed by atoms with Crippen molar-refractivity contribution in [1.82, 2.24) is 5.32 Å². The molecule has 2 aliphatic rings. The number of ether oxygens (including phenoxy) is 3. The highest BCUT2D eigenvalue weighted by Crippen LogP contribution is 2.27. The van der Waals surface area contributed by atoms with E-state index in [0.717, 1.165) is 36.4 Å². The normalized spacial score (nSPS) is 25.0. The van der Waals surface area contributed by atoms with Gasteiger partial charge in [0.15, 0.2) is 0 Å². The number of rotatable bonds is 7. The zero-order chi connectivity index (χ0) is 14.7. The maximum atomic E-state index is 6.00. The number of hydrogen-bond acceptors (Lipinski definition) is 4. The summed E-state index contributed by atoms with van der Waals surface area (Å²) in [7, 11) is 1.70. The van der Waals surface area contributed by atoms with Crippen molar-refractivity contribution in [2.75, 3.05) is 13.7 Å². The molecule has 1 heterocycles. The Labute approximate surface area is 126 Å². The summed E-state index contributed by atoms with van der Waals surface area (Å²) in [5.41, 5.74) is 1.16. The first-order valence-electron chi connectivity index (χ1n) is 7.93. The Balaban J connectivity index is 1.61. The van der Waals surface area contributed by atoms with E-state index in [1.54, 1.807) is 7.11 Å². The molecule has 116 valence electrons. The zero-order valence-electron chi connectivity index (χ0n) is 12.9. The smallest absolute Gasteiger partial charge is 0.124 e. The van der Waals surface area contributed by atoms with E-state index in [1.165, 1.54) is 12.8 Å². The van der Waals surface area contributed by atoms with Crippen LogP contribution in [-0.4, -0.2) is 32.0 Å². The summed E-state index contributed by atoms with van der Waals surface area (Å²) < 4.78 is 17.1. The van der Waals surface area contributed by atoms with Crippen LogP contribution in [0.5, 0.6) is 11.5 Å². The van der Waals surface area contributed by atoms with Crippen molar-refractivity contribution in [2.24, 2.45) is 0 Å². The second kappa shape index (κ2) is 6.67. The highest BCUT2D eigenvalue weighted by molar-refractivity contribution is 5.40. The lowest BCUT2D eigenvalue weighted by atomic mass is 10.1. The van der Waals surface area contributed by atoms with E-state index in [4.69, 9.17) is 14.2 Å². The van der Waals surface area contributed by atoms with Crippen LogP contribution in [0.25, 0.3) is 0 Å². The minimum Gasteiger partial charge on any atom is -0.497 e. The van der Waals surface area contributed by atoms with Gasteiger partial charge in [-0.2, -0.15) is 0 Å². The zero-order valence-corrected chi connectivity index (χ0v) is 12.9. The summed E-state index contributed by atoms with van der Waals surface area (Å²) in [5, 5.41) is 3.53. The minimum atomic E-state index is 0.228. The van der Waals surface area contributed by atoms with Gasteiger partial charge >= 0.3 is 0 Å². The van der Waals surface area contributed by atoms with Gasteiger partial charge in [-0.25, -0.2) is 0 Å². The van der Waals surface area contributed by atoms with Crippen LogP contribution in [0.2, 0.25) is 0 Å². The van der Waals surface area contributed by atoms with Crippen molar-refractivity contribution < 1.29 is 14.2 Å². The fourth-order valence-corrected chi connectivity index (χ4v) is 2.69. The van der Waals surface area contributed by atoms with Crippen molar-refractivity contribution in [3.8, 4) is 11.5 Å². The van der Waals surface area contributed by atoms with E-state index in [9.17, 15) is 0 Å². The molecule has 1 saturated heterocycles. The van der Waals surface area contributed by atoms with Crippen LogP contribution in [0.1, 0.15) is 38.2 Å². The molecule has 1 aliphatic carbocycles. The van der Waals surface area contributed by atoms with Gasteiger partial charge < -0.3 is 19.5 Å². The maximum Gasteiger partial charge on any atom is 0.124 e. The summed E-state index contributed by atoms with van der Waals surface area (Å²) in [6, 6.07) is 6.70. The van der Waals surface area contributed by atoms with Gasteiger partial charge in [-0.1, -0.05) is 0 Å². The average molecular weight is 291 g/mol. The molecule has 1 aliphatic heterocycles. The summed E-state index contributed by atoms with van der Waals surface area (Å²) in [4.78, 5) is 0. The van der Waals surface area contributed by atoms with Crippen LogP contribution in [0.3, 0.4) is 0 Å². The third-order valence-electron chi connectivity index (χ3n) is 4.17. The molecule has 0 spiro atoms. The molecule has 1 aromatic carbocycles. The molecule has 4 nitrogen and oxygen atoms in total. The summed E-state index contributed by atoms with van der Waals surface area (Å²) >= 11 is 0. The second-order valence-corrected chi connectivity index (χ2v) is 6.09. The van der Waals surface area contributed by atoms with Crippen molar-refractivity contribution in [2.45, 2.75) is 57.4 Å². The van der Waals surface area contributed by atoms with Crippen LogP contribution in [0.15, 0.2) is 18.2 Å². The molecule has 3 rings (SSSR count). The first-order valence-corrected chi connectivity index (χ1v) is 7.93. The molecule has 2 atom stereocenters. The van der Waals surface area contributed by atoms with Gasteiger partial charge in [0.25, 0.3) is 0 Å². The fraction of sp³-hybridized carbons (Fsp3) is 0.647. The molecule has 2 fully saturated rings. The van der Waals surface area contributed by atoms with Crippen LogP contribution >= 0.6 is 0 Å². The summed E-state index contributed by atoms with van der Waals surface area (Å²) in [6.45, 7) is 3.59. The number of hydrogen-bond donors (Lipinski definition) is 1. The van der Waals surface area contributed by atoms with Gasteiger partial charge in [-0.15, -0.1) is 0 Å². The van der Waals surface area contributed by atoms with Gasteiger partial charge in [0, 0.05) is 18.2 Å². The lowest BCUT2D eigenvalue weighted by Crippen LogP contribution is -2.20. The van der Waals surface area contributed by atoms with Gasteiger partial charge in [0.1, 0.15) is 18.1 Å². The molecule has 0 bridgehead atoms. The SMILES string of the molecule is COc1ccc(OCC2CCC(C)O2)c(CNC2CC2)c1. The minimum absolute atomic E-state index is 0.228. The highest BCUT2D eigenvalue weighted by Gasteiger charge is 2.23. The van der Waals surface area contributed by atoms with Crippen molar-refractivity contribution in [1.29, 1.82) is 0 Å².